The SMILES string of the molecule is Fc1ncc(Br)cc1Br. The Kier molecular flexibility index (Phi) is 2.18. The average molecular weight is 255 g/mol. The Morgan fingerprint density at radius 2 is 2.11 bits per heavy atom. The molecule has 0 aliphatic carbocycles. The zero-order valence-corrected chi connectivity index (χ0v) is 7.41. The maximum Gasteiger partial charge on any atom is 0.227 e. The largest absolute Gasteiger partial charge is 0.227 e. The van der Waals surface area contributed by atoms with Gasteiger partial charge in [0.2, 0.25) is 5.95 Å². The molecule has 0 saturated heterocycles. The molecule has 0 fully saturated rings. The molecule has 0 saturated carbocycles. The van der Waals surface area contributed by atoms with Crippen LogP contribution in [0.15, 0.2) is 21.2 Å². The number of nitrogens with zero attached hydrogens (tertiary/aromatic N) is 1. The molecule has 0 aromatic carbocycles. The summed E-state index contributed by atoms with van der Waals surface area (Å²) in [6, 6.07) is 1.60. The molecule has 0 N–H and O–H groups in total. The van der Waals surface area contributed by atoms with Crippen LogP contribution in [0.4, 0.5) is 4.39 Å². The molecule has 1 nitrogen and oxygen atoms in total. The summed E-state index contributed by atoms with van der Waals surface area (Å²) >= 11 is 6.12. The Morgan fingerprint density at radius 3 is 2.56 bits per heavy atom. The topological polar surface area (TPSA) is 12.9 Å². The van der Waals surface area contributed by atoms with Gasteiger partial charge in [-0.2, -0.15) is 4.39 Å². The van der Waals surface area contributed by atoms with Crippen LogP contribution in [0.5, 0.6) is 0 Å². The first-order valence-corrected chi connectivity index (χ1v) is 3.75. The van der Waals surface area contributed by atoms with Gasteiger partial charge >= 0.3 is 0 Å². The first-order valence-electron chi connectivity index (χ1n) is 2.16. The standard InChI is InChI=1S/C5H2Br2FN/c6-3-1-4(7)5(8)9-2-3/h1-2H. The first kappa shape index (κ1) is 7.15. The molecule has 0 unspecified atom stereocenters. The predicted molar refractivity (Wildman–Crippen MR) is 39.6 cm³/mol. The summed E-state index contributed by atoms with van der Waals surface area (Å²) in [5.41, 5.74) is 0. The van der Waals surface area contributed by atoms with Gasteiger partial charge in [-0.15, -0.1) is 0 Å². The lowest BCUT2D eigenvalue weighted by molar-refractivity contribution is 0.576. The molecule has 0 amide bonds. The molecule has 1 heterocycles. The van der Waals surface area contributed by atoms with Crippen molar-refractivity contribution in [3.05, 3.63) is 27.2 Å². The molecule has 0 spiro atoms. The van der Waals surface area contributed by atoms with E-state index in [9.17, 15) is 4.39 Å². The maximum absolute atomic E-state index is 12.3. The van der Waals surface area contributed by atoms with Gasteiger partial charge in [0, 0.05) is 10.7 Å². The molecule has 0 bridgehead atoms. The predicted octanol–water partition coefficient (Wildman–Crippen LogP) is 2.75. The van der Waals surface area contributed by atoms with E-state index in [2.05, 4.69) is 36.8 Å². The fraction of sp³-hybridized carbons (Fsp3) is 0. The number of halogens is 3. The van der Waals surface area contributed by atoms with Crippen LogP contribution in [0.3, 0.4) is 0 Å². The van der Waals surface area contributed by atoms with Gasteiger partial charge in [-0.25, -0.2) is 4.98 Å². The molecular formula is C5H2Br2FN. The average Bonchev–Trinajstić information content (AvgIpc) is 1.80. The van der Waals surface area contributed by atoms with Gasteiger partial charge in [-0.3, -0.25) is 0 Å². The Bertz CT molecular complexity index is 226. The highest BCUT2D eigenvalue weighted by molar-refractivity contribution is 9.11. The van der Waals surface area contributed by atoms with Gasteiger partial charge in [0.25, 0.3) is 0 Å². The fourth-order valence-electron chi connectivity index (χ4n) is 0.398. The molecule has 1 aromatic heterocycles. The smallest absolute Gasteiger partial charge is 0.226 e. The van der Waals surface area contributed by atoms with E-state index in [-0.39, 0.29) is 0 Å². The quantitative estimate of drug-likeness (QED) is 0.649. The van der Waals surface area contributed by atoms with E-state index in [0.29, 0.717) is 4.47 Å². The summed E-state index contributed by atoms with van der Waals surface area (Å²) in [7, 11) is 0. The third-order valence-electron chi connectivity index (χ3n) is 0.763. The molecule has 9 heavy (non-hydrogen) atoms. The van der Waals surface area contributed by atoms with Crippen LogP contribution in [0, 0.1) is 5.95 Å². The Morgan fingerprint density at radius 1 is 1.44 bits per heavy atom. The van der Waals surface area contributed by atoms with E-state index in [1.165, 1.54) is 6.20 Å². The molecule has 0 atom stereocenters. The summed E-state index contributed by atoms with van der Waals surface area (Å²) in [6.45, 7) is 0. The van der Waals surface area contributed by atoms with E-state index in [0.717, 1.165) is 4.47 Å². The summed E-state index contributed by atoms with van der Waals surface area (Å²) in [5.74, 6) is -0.488. The van der Waals surface area contributed by atoms with E-state index >= 15 is 0 Å². The second-order valence-electron chi connectivity index (χ2n) is 1.43. The van der Waals surface area contributed by atoms with Crippen molar-refractivity contribution in [1.29, 1.82) is 0 Å². The zero-order chi connectivity index (χ0) is 6.85. The third-order valence-corrected chi connectivity index (χ3v) is 1.75. The maximum atomic E-state index is 12.3. The van der Waals surface area contributed by atoms with Gasteiger partial charge in [0.05, 0.1) is 4.47 Å². The lowest BCUT2D eigenvalue weighted by Crippen LogP contribution is -1.81. The second kappa shape index (κ2) is 2.75. The van der Waals surface area contributed by atoms with Crippen molar-refractivity contribution in [2.45, 2.75) is 0 Å². The van der Waals surface area contributed by atoms with Crippen molar-refractivity contribution in [3.8, 4) is 0 Å². The normalized spacial score (nSPS) is 9.67. The van der Waals surface area contributed by atoms with Gasteiger partial charge in [-0.1, -0.05) is 0 Å². The Labute approximate surface area is 68.6 Å². The van der Waals surface area contributed by atoms with E-state index in [4.69, 9.17) is 0 Å². The fourth-order valence-corrected chi connectivity index (χ4v) is 1.39. The van der Waals surface area contributed by atoms with Gasteiger partial charge < -0.3 is 0 Å². The first-order chi connectivity index (χ1) is 4.20. The van der Waals surface area contributed by atoms with E-state index < -0.39 is 5.95 Å². The van der Waals surface area contributed by atoms with E-state index in [1.54, 1.807) is 6.07 Å². The summed E-state index contributed by atoms with van der Waals surface area (Å²) in [5, 5.41) is 0. The monoisotopic (exact) mass is 253 g/mol. The minimum atomic E-state index is -0.488. The second-order valence-corrected chi connectivity index (χ2v) is 3.20. The van der Waals surface area contributed by atoms with Crippen molar-refractivity contribution < 1.29 is 4.39 Å². The summed E-state index contributed by atoms with van der Waals surface area (Å²) in [4.78, 5) is 3.42. The van der Waals surface area contributed by atoms with E-state index in [1.807, 2.05) is 0 Å². The molecule has 1 rings (SSSR count). The lowest BCUT2D eigenvalue weighted by atomic mass is 10.5. The van der Waals surface area contributed by atoms with Crippen LogP contribution in [0.2, 0.25) is 0 Å². The van der Waals surface area contributed by atoms with Crippen LogP contribution in [-0.2, 0) is 0 Å². The third kappa shape index (κ3) is 1.72. The Hall–Kier alpha value is 0.0400. The van der Waals surface area contributed by atoms with Crippen molar-refractivity contribution in [2.24, 2.45) is 0 Å². The molecule has 0 radical (unpaired) electrons. The minimum absolute atomic E-state index is 0.372. The van der Waals surface area contributed by atoms with Gasteiger partial charge in [0.15, 0.2) is 0 Å². The van der Waals surface area contributed by atoms with Gasteiger partial charge in [0.1, 0.15) is 0 Å². The van der Waals surface area contributed by atoms with Crippen LogP contribution in [-0.4, -0.2) is 4.98 Å². The summed E-state index contributed by atoms with van der Waals surface area (Å²) < 4.78 is 13.5. The number of aromatic nitrogens is 1. The highest BCUT2D eigenvalue weighted by Crippen LogP contribution is 2.17. The molecule has 4 heteroatoms. The zero-order valence-electron chi connectivity index (χ0n) is 4.24. The molecule has 48 valence electrons. The van der Waals surface area contributed by atoms with Gasteiger partial charge in [-0.05, 0) is 37.9 Å². The van der Waals surface area contributed by atoms with Crippen molar-refractivity contribution in [1.82, 2.24) is 4.98 Å². The van der Waals surface area contributed by atoms with Crippen LogP contribution in [0.1, 0.15) is 0 Å². The lowest BCUT2D eigenvalue weighted by Gasteiger charge is -1.91. The van der Waals surface area contributed by atoms with Crippen molar-refractivity contribution >= 4 is 31.9 Å². The summed E-state index contributed by atoms with van der Waals surface area (Å²) in [6.07, 6.45) is 1.40. The molecule has 0 aliphatic rings. The Balaban J connectivity index is 3.17. The highest BCUT2D eigenvalue weighted by atomic mass is 79.9. The highest BCUT2D eigenvalue weighted by Gasteiger charge is 1.97. The number of hydrogen-bond donors (Lipinski definition) is 0. The van der Waals surface area contributed by atoms with Crippen LogP contribution >= 0.6 is 31.9 Å². The van der Waals surface area contributed by atoms with Crippen molar-refractivity contribution in [2.75, 3.05) is 0 Å². The van der Waals surface area contributed by atoms with Crippen molar-refractivity contribution in [3.63, 3.8) is 0 Å². The van der Waals surface area contributed by atoms with Crippen LogP contribution in [0.25, 0.3) is 0 Å². The number of hydrogen-bond acceptors (Lipinski definition) is 1. The minimum Gasteiger partial charge on any atom is -0.226 e. The molecule has 0 aliphatic heterocycles. The molecular weight excluding hydrogens is 253 g/mol. The molecule has 1 aromatic rings. The number of pyridine rings is 1. The van der Waals surface area contributed by atoms with Crippen LogP contribution < -0.4 is 0 Å². The number of rotatable bonds is 0.